The number of benzene rings is 1. The topological polar surface area (TPSA) is 93.9 Å². The highest BCUT2D eigenvalue weighted by Crippen LogP contribution is 2.16. The summed E-state index contributed by atoms with van der Waals surface area (Å²) in [6, 6.07) is 6.83. The molecule has 17 heavy (non-hydrogen) atoms. The van der Waals surface area contributed by atoms with E-state index < -0.39 is 5.69 Å². The number of nitrogen functional groups attached to an aromatic ring is 1. The Morgan fingerprint density at radius 3 is 2.65 bits per heavy atom. The Labute approximate surface area is 101 Å². The standard InChI is InChI=1S/C10H9ClN4O2/c11-6-1-3-7(4-2-6)17-5-8-13-9(12)15-10(16)14-8/h1-4H,5H2,(H3,12,13,14,15,16). The maximum atomic E-state index is 11.0. The number of halogens is 1. The molecule has 1 aromatic carbocycles. The van der Waals surface area contributed by atoms with Gasteiger partial charge >= 0.3 is 5.69 Å². The van der Waals surface area contributed by atoms with E-state index in [1.54, 1.807) is 24.3 Å². The lowest BCUT2D eigenvalue weighted by Gasteiger charge is -2.05. The minimum atomic E-state index is -0.549. The summed E-state index contributed by atoms with van der Waals surface area (Å²) in [4.78, 5) is 20.6. The van der Waals surface area contributed by atoms with Gasteiger partial charge in [0, 0.05) is 5.02 Å². The van der Waals surface area contributed by atoms with Gasteiger partial charge in [0.1, 0.15) is 12.4 Å². The largest absolute Gasteiger partial charge is 0.486 e. The van der Waals surface area contributed by atoms with Crippen LogP contribution in [0.1, 0.15) is 5.82 Å². The molecule has 0 bridgehead atoms. The third kappa shape index (κ3) is 3.18. The molecule has 0 aliphatic rings. The highest BCUT2D eigenvalue weighted by molar-refractivity contribution is 6.30. The summed E-state index contributed by atoms with van der Waals surface area (Å²) in [5, 5.41) is 0.622. The quantitative estimate of drug-likeness (QED) is 0.849. The van der Waals surface area contributed by atoms with E-state index >= 15 is 0 Å². The third-order valence-electron chi connectivity index (χ3n) is 1.91. The number of H-pyrrole nitrogens is 1. The highest BCUT2D eigenvalue weighted by Gasteiger charge is 2.01. The summed E-state index contributed by atoms with van der Waals surface area (Å²) in [6.07, 6.45) is 0. The highest BCUT2D eigenvalue weighted by atomic mass is 35.5. The molecule has 0 unspecified atom stereocenters. The Morgan fingerprint density at radius 1 is 1.29 bits per heavy atom. The van der Waals surface area contributed by atoms with Crippen molar-refractivity contribution in [2.75, 3.05) is 5.73 Å². The molecule has 7 heteroatoms. The van der Waals surface area contributed by atoms with Crippen molar-refractivity contribution in [3.63, 3.8) is 0 Å². The van der Waals surface area contributed by atoms with Crippen LogP contribution in [-0.2, 0) is 6.61 Å². The van der Waals surface area contributed by atoms with E-state index in [0.29, 0.717) is 16.6 Å². The zero-order chi connectivity index (χ0) is 12.3. The van der Waals surface area contributed by atoms with Crippen molar-refractivity contribution in [3.05, 3.63) is 45.6 Å². The number of nitrogens with zero attached hydrogens (tertiary/aromatic N) is 2. The number of rotatable bonds is 3. The average molecular weight is 253 g/mol. The predicted molar refractivity (Wildman–Crippen MR) is 62.8 cm³/mol. The van der Waals surface area contributed by atoms with Crippen LogP contribution in [0.15, 0.2) is 29.1 Å². The number of anilines is 1. The van der Waals surface area contributed by atoms with Gasteiger partial charge in [0.25, 0.3) is 0 Å². The van der Waals surface area contributed by atoms with Crippen molar-refractivity contribution in [1.82, 2.24) is 15.0 Å². The molecule has 2 aromatic rings. The summed E-state index contributed by atoms with van der Waals surface area (Å²) in [7, 11) is 0. The van der Waals surface area contributed by atoms with Crippen LogP contribution in [0.5, 0.6) is 5.75 Å². The van der Waals surface area contributed by atoms with Crippen LogP contribution >= 0.6 is 11.6 Å². The van der Waals surface area contributed by atoms with Gasteiger partial charge in [0.15, 0.2) is 5.82 Å². The number of hydrogen-bond acceptors (Lipinski definition) is 5. The van der Waals surface area contributed by atoms with Crippen molar-refractivity contribution < 1.29 is 4.74 Å². The van der Waals surface area contributed by atoms with Gasteiger partial charge in [-0.05, 0) is 24.3 Å². The third-order valence-corrected chi connectivity index (χ3v) is 2.16. The second-order valence-corrected chi connectivity index (χ2v) is 3.64. The van der Waals surface area contributed by atoms with E-state index in [1.165, 1.54) is 0 Å². The summed E-state index contributed by atoms with van der Waals surface area (Å²) < 4.78 is 5.38. The van der Waals surface area contributed by atoms with Crippen LogP contribution in [0.2, 0.25) is 5.02 Å². The molecule has 88 valence electrons. The summed E-state index contributed by atoms with van der Waals surface area (Å²) in [5.74, 6) is 0.855. The van der Waals surface area contributed by atoms with E-state index in [4.69, 9.17) is 22.1 Å². The first-order valence-corrected chi connectivity index (χ1v) is 5.12. The van der Waals surface area contributed by atoms with Gasteiger partial charge < -0.3 is 10.5 Å². The van der Waals surface area contributed by atoms with Gasteiger partial charge in [-0.25, -0.2) is 4.79 Å². The first kappa shape index (κ1) is 11.4. The Kier molecular flexibility index (Phi) is 3.24. The van der Waals surface area contributed by atoms with Crippen molar-refractivity contribution in [2.45, 2.75) is 6.61 Å². The number of aromatic nitrogens is 3. The number of nitrogens with two attached hydrogens (primary N) is 1. The first-order chi connectivity index (χ1) is 8.13. The van der Waals surface area contributed by atoms with Gasteiger partial charge in [-0.1, -0.05) is 11.6 Å². The zero-order valence-corrected chi connectivity index (χ0v) is 9.44. The normalized spacial score (nSPS) is 10.2. The minimum Gasteiger partial charge on any atom is -0.486 e. The molecular formula is C10H9ClN4O2. The Hall–Kier alpha value is -2.08. The second kappa shape index (κ2) is 4.84. The molecule has 6 nitrogen and oxygen atoms in total. The van der Waals surface area contributed by atoms with Crippen molar-refractivity contribution in [2.24, 2.45) is 0 Å². The predicted octanol–water partition coefficient (Wildman–Crippen LogP) is 0.980. The van der Waals surface area contributed by atoms with Crippen molar-refractivity contribution in [1.29, 1.82) is 0 Å². The molecule has 2 rings (SSSR count). The average Bonchev–Trinajstić information content (AvgIpc) is 2.27. The number of nitrogens with one attached hydrogen (secondary N) is 1. The molecule has 0 spiro atoms. The first-order valence-electron chi connectivity index (χ1n) is 4.74. The van der Waals surface area contributed by atoms with Crippen LogP contribution in [-0.4, -0.2) is 15.0 Å². The Bertz CT molecular complexity index is 567. The molecule has 0 fully saturated rings. The van der Waals surface area contributed by atoms with Crippen LogP contribution < -0.4 is 16.2 Å². The Balaban J connectivity index is 2.07. The number of aromatic amines is 1. The maximum Gasteiger partial charge on any atom is 0.349 e. The van der Waals surface area contributed by atoms with Crippen molar-refractivity contribution in [3.8, 4) is 5.75 Å². The lowest BCUT2D eigenvalue weighted by atomic mass is 10.3. The van der Waals surface area contributed by atoms with Gasteiger partial charge in [-0.15, -0.1) is 0 Å². The van der Waals surface area contributed by atoms with Crippen LogP contribution in [0, 0.1) is 0 Å². The van der Waals surface area contributed by atoms with Gasteiger partial charge in [-0.3, -0.25) is 4.98 Å². The molecule has 0 aliphatic carbocycles. The number of hydrogen-bond donors (Lipinski definition) is 2. The molecule has 1 heterocycles. The molecule has 0 amide bonds. The van der Waals surface area contributed by atoms with Crippen LogP contribution in [0.3, 0.4) is 0 Å². The van der Waals surface area contributed by atoms with Crippen LogP contribution in [0.25, 0.3) is 0 Å². The summed E-state index contributed by atoms with van der Waals surface area (Å²) in [6.45, 7) is 0.101. The van der Waals surface area contributed by atoms with E-state index in [9.17, 15) is 4.79 Å². The molecular weight excluding hydrogens is 244 g/mol. The maximum absolute atomic E-state index is 11.0. The molecule has 0 radical (unpaired) electrons. The Morgan fingerprint density at radius 2 is 2.00 bits per heavy atom. The van der Waals surface area contributed by atoms with Gasteiger partial charge in [-0.2, -0.15) is 9.97 Å². The second-order valence-electron chi connectivity index (χ2n) is 3.20. The van der Waals surface area contributed by atoms with E-state index in [2.05, 4.69) is 15.0 Å². The molecule has 0 atom stereocenters. The molecule has 3 N–H and O–H groups in total. The van der Waals surface area contributed by atoms with Gasteiger partial charge in [0.2, 0.25) is 5.95 Å². The monoisotopic (exact) mass is 252 g/mol. The minimum absolute atomic E-state index is 0.0801. The van der Waals surface area contributed by atoms with E-state index in [-0.39, 0.29) is 12.6 Å². The van der Waals surface area contributed by atoms with E-state index in [0.717, 1.165) is 0 Å². The zero-order valence-electron chi connectivity index (χ0n) is 8.68. The van der Waals surface area contributed by atoms with Crippen molar-refractivity contribution >= 4 is 17.5 Å². The fourth-order valence-electron chi connectivity index (χ4n) is 1.20. The lowest BCUT2D eigenvalue weighted by molar-refractivity contribution is 0.295. The summed E-state index contributed by atoms with van der Waals surface area (Å²) in [5.41, 5.74) is 4.78. The molecule has 0 aliphatic heterocycles. The molecule has 1 aromatic heterocycles. The van der Waals surface area contributed by atoms with Gasteiger partial charge in [0.05, 0.1) is 0 Å². The fraction of sp³-hybridized carbons (Fsp3) is 0.100. The van der Waals surface area contributed by atoms with E-state index in [1.807, 2.05) is 0 Å². The smallest absolute Gasteiger partial charge is 0.349 e. The van der Waals surface area contributed by atoms with Crippen LogP contribution in [0.4, 0.5) is 5.95 Å². The molecule has 0 saturated heterocycles. The number of ether oxygens (including phenoxy) is 1. The lowest BCUT2D eigenvalue weighted by Crippen LogP contribution is -2.18. The fourth-order valence-corrected chi connectivity index (χ4v) is 1.32. The summed E-state index contributed by atoms with van der Waals surface area (Å²) >= 11 is 5.73. The molecule has 0 saturated carbocycles. The SMILES string of the molecule is Nc1nc(COc2ccc(Cl)cc2)[nH]c(=O)n1.